The molecule has 6 heteroatoms. The first-order valence-corrected chi connectivity index (χ1v) is 7.03. The average molecular weight is 300 g/mol. The van der Waals surface area contributed by atoms with Gasteiger partial charge in [-0.2, -0.15) is 13.2 Å². The van der Waals surface area contributed by atoms with Crippen LogP contribution in [0.2, 0.25) is 0 Å². The van der Waals surface area contributed by atoms with Crippen molar-refractivity contribution in [3.63, 3.8) is 0 Å². The van der Waals surface area contributed by atoms with Crippen molar-refractivity contribution in [3.05, 3.63) is 35.4 Å². The lowest BCUT2D eigenvalue weighted by atomic mass is 9.90. The zero-order valence-electron chi connectivity index (χ0n) is 11.9. The molecule has 1 aromatic rings. The number of hydrogen-bond donors (Lipinski definition) is 1. The predicted molar refractivity (Wildman–Crippen MR) is 73.7 cm³/mol. The Balaban J connectivity index is 2.19. The Morgan fingerprint density at radius 2 is 1.95 bits per heavy atom. The SMILES string of the molecule is C[C@@H]1CCCN(C(=O)c2ccc(C(F)(F)F)cc2)[C@@H]1CN. The lowest BCUT2D eigenvalue weighted by Crippen LogP contribution is -2.51. The van der Waals surface area contributed by atoms with Gasteiger partial charge in [-0.05, 0) is 43.0 Å². The predicted octanol–water partition coefficient (Wildman–Crippen LogP) is 2.90. The van der Waals surface area contributed by atoms with Gasteiger partial charge in [0.15, 0.2) is 0 Å². The van der Waals surface area contributed by atoms with E-state index in [0.29, 0.717) is 19.0 Å². The van der Waals surface area contributed by atoms with Gasteiger partial charge >= 0.3 is 6.18 Å². The number of likely N-dealkylation sites (tertiary alicyclic amines) is 1. The number of carbonyl (C=O) groups is 1. The minimum Gasteiger partial charge on any atom is -0.334 e. The first-order valence-electron chi connectivity index (χ1n) is 7.03. The maximum atomic E-state index is 12.5. The number of rotatable bonds is 2. The van der Waals surface area contributed by atoms with Crippen molar-refractivity contribution in [2.45, 2.75) is 32.0 Å². The number of nitrogens with two attached hydrogens (primary N) is 1. The van der Waals surface area contributed by atoms with Crippen molar-refractivity contribution in [2.24, 2.45) is 11.7 Å². The van der Waals surface area contributed by atoms with Crippen LogP contribution in [-0.4, -0.2) is 29.9 Å². The molecule has 1 aliphatic rings. The van der Waals surface area contributed by atoms with E-state index in [9.17, 15) is 18.0 Å². The van der Waals surface area contributed by atoms with Crippen LogP contribution < -0.4 is 5.73 Å². The Morgan fingerprint density at radius 3 is 2.48 bits per heavy atom. The summed E-state index contributed by atoms with van der Waals surface area (Å²) in [5, 5.41) is 0. The molecule has 0 spiro atoms. The molecule has 21 heavy (non-hydrogen) atoms. The number of alkyl halides is 3. The molecule has 2 rings (SSSR count). The molecule has 1 saturated heterocycles. The fourth-order valence-corrected chi connectivity index (χ4v) is 2.83. The summed E-state index contributed by atoms with van der Waals surface area (Å²) >= 11 is 0. The highest BCUT2D eigenvalue weighted by molar-refractivity contribution is 5.94. The summed E-state index contributed by atoms with van der Waals surface area (Å²) in [4.78, 5) is 14.2. The van der Waals surface area contributed by atoms with E-state index in [4.69, 9.17) is 5.73 Å². The number of hydrogen-bond acceptors (Lipinski definition) is 2. The number of carbonyl (C=O) groups excluding carboxylic acids is 1. The van der Waals surface area contributed by atoms with E-state index >= 15 is 0 Å². The Labute approximate surface area is 121 Å². The molecule has 1 amide bonds. The molecule has 0 unspecified atom stereocenters. The molecule has 0 saturated carbocycles. The molecule has 2 atom stereocenters. The summed E-state index contributed by atoms with van der Waals surface area (Å²) in [6.07, 6.45) is -2.48. The zero-order valence-corrected chi connectivity index (χ0v) is 11.9. The zero-order chi connectivity index (χ0) is 15.6. The first-order chi connectivity index (χ1) is 9.84. The van der Waals surface area contributed by atoms with Crippen molar-refractivity contribution >= 4 is 5.91 Å². The van der Waals surface area contributed by atoms with Gasteiger partial charge in [0.25, 0.3) is 5.91 Å². The van der Waals surface area contributed by atoms with E-state index in [1.165, 1.54) is 12.1 Å². The maximum Gasteiger partial charge on any atom is 0.416 e. The minimum absolute atomic E-state index is 0.0476. The van der Waals surface area contributed by atoms with Crippen LogP contribution in [0.3, 0.4) is 0 Å². The second-order valence-electron chi connectivity index (χ2n) is 5.50. The number of amides is 1. The van der Waals surface area contributed by atoms with Crippen LogP contribution in [0.15, 0.2) is 24.3 Å². The normalized spacial score (nSPS) is 23.2. The van der Waals surface area contributed by atoms with Crippen LogP contribution in [0, 0.1) is 5.92 Å². The van der Waals surface area contributed by atoms with Crippen molar-refractivity contribution in [3.8, 4) is 0 Å². The summed E-state index contributed by atoms with van der Waals surface area (Å²) in [6, 6.07) is 4.31. The molecule has 1 heterocycles. The largest absolute Gasteiger partial charge is 0.416 e. The van der Waals surface area contributed by atoms with Gasteiger partial charge in [0, 0.05) is 24.7 Å². The maximum absolute atomic E-state index is 12.5. The molecule has 2 N–H and O–H groups in total. The van der Waals surface area contributed by atoms with Gasteiger partial charge in [0.2, 0.25) is 0 Å². The Kier molecular flexibility index (Phi) is 4.56. The molecule has 3 nitrogen and oxygen atoms in total. The van der Waals surface area contributed by atoms with Gasteiger partial charge in [0.05, 0.1) is 5.56 Å². The third-order valence-electron chi connectivity index (χ3n) is 4.08. The summed E-state index contributed by atoms with van der Waals surface area (Å²) < 4.78 is 37.6. The van der Waals surface area contributed by atoms with E-state index in [0.717, 1.165) is 25.0 Å². The molecule has 1 aromatic carbocycles. The second-order valence-corrected chi connectivity index (χ2v) is 5.50. The van der Waals surface area contributed by atoms with Gasteiger partial charge in [-0.1, -0.05) is 6.92 Å². The number of nitrogens with zero attached hydrogens (tertiary/aromatic N) is 1. The molecule has 0 aliphatic carbocycles. The van der Waals surface area contributed by atoms with Crippen LogP contribution >= 0.6 is 0 Å². The lowest BCUT2D eigenvalue weighted by Gasteiger charge is -2.39. The van der Waals surface area contributed by atoms with Crippen LogP contribution in [0.1, 0.15) is 35.7 Å². The smallest absolute Gasteiger partial charge is 0.334 e. The van der Waals surface area contributed by atoms with Crippen molar-refractivity contribution in [1.29, 1.82) is 0 Å². The number of halogens is 3. The van der Waals surface area contributed by atoms with E-state index in [1.54, 1.807) is 4.90 Å². The average Bonchev–Trinajstić information content (AvgIpc) is 2.45. The third kappa shape index (κ3) is 3.37. The summed E-state index contributed by atoms with van der Waals surface area (Å²) in [6.45, 7) is 3.02. The molecule has 116 valence electrons. The van der Waals surface area contributed by atoms with Crippen molar-refractivity contribution < 1.29 is 18.0 Å². The molecule has 0 aromatic heterocycles. The summed E-state index contributed by atoms with van der Waals surface area (Å²) in [5.74, 6) is 0.0628. The molecule has 0 bridgehead atoms. The molecule has 1 fully saturated rings. The van der Waals surface area contributed by atoms with E-state index in [-0.39, 0.29) is 17.5 Å². The quantitative estimate of drug-likeness (QED) is 0.913. The fraction of sp³-hybridized carbons (Fsp3) is 0.533. The molecular weight excluding hydrogens is 281 g/mol. The summed E-state index contributed by atoms with van der Waals surface area (Å²) in [7, 11) is 0. The van der Waals surface area contributed by atoms with Crippen molar-refractivity contribution in [1.82, 2.24) is 4.90 Å². The van der Waals surface area contributed by atoms with Crippen LogP contribution in [-0.2, 0) is 6.18 Å². The topological polar surface area (TPSA) is 46.3 Å². The van der Waals surface area contributed by atoms with E-state index in [2.05, 4.69) is 0 Å². The van der Waals surface area contributed by atoms with Gasteiger partial charge in [-0.15, -0.1) is 0 Å². The minimum atomic E-state index is -4.39. The van der Waals surface area contributed by atoms with Gasteiger partial charge < -0.3 is 10.6 Å². The standard InChI is InChI=1S/C15H19F3N2O/c1-10-3-2-8-20(13(10)9-19)14(21)11-4-6-12(7-5-11)15(16,17)18/h4-7,10,13H,2-3,8-9,19H2,1H3/t10-,13-/m1/s1. The van der Waals surface area contributed by atoms with Gasteiger partial charge in [0.1, 0.15) is 0 Å². The number of piperidine rings is 1. The highest BCUT2D eigenvalue weighted by Gasteiger charge is 2.33. The van der Waals surface area contributed by atoms with Gasteiger partial charge in [-0.25, -0.2) is 0 Å². The molecule has 0 radical (unpaired) electrons. The van der Waals surface area contributed by atoms with Crippen molar-refractivity contribution in [2.75, 3.05) is 13.1 Å². The van der Waals surface area contributed by atoms with Gasteiger partial charge in [-0.3, -0.25) is 4.79 Å². The fourth-order valence-electron chi connectivity index (χ4n) is 2.83. The highest BCUT2D eigenvalue weighted by atomic mass is 19.4. The van der Waals surface area contributed by atoms with Crippen LogP contribution in [0.4, 0.5) is 13.2 Å². The third-order valence-corrected chi connectivity index (χ3v) is 4.08. The Bertz CT molecular complexity index is 499. The number of benzene rings is 1. The Hall–Kier alpha value is -1.56. The lowest BCUT2D eigenvalue weighted by molar-refractivity contribution is -0.137. The van der Waals surface area contributed by atoms with E-state index in [1.807, 2.05) is 6.92 Å². The molecule has 1 aliphatic heterocycles. The molecular formula is C15H19F3N2O. The first kappa shape index (κ1) is 15.8. The summed E-state index contributed by atoms with van der Waals surface area (Å²) in [5.41, 5.74) is 5.26. The monoisotopic (exact) mass is 300 g/mol. The highest BCUT2D eigenvalue weighted by Crippen LogP contribution is 2.30. The second kappa shape index (κ2) is 6.05. The van der Waals surface area contributed by atoms with Crippen LogP contribution in [0.5, 0.6) is 0 Å². The van der Waals surface area contributed by atoms with E-state index < -0.39 is 11.7 Å². The Morgan fingerprint density at radius 1 is 1.33 bits per heavy atom. The van der Waals surface area contributed by atoms with Crippen LogP contribution in [0.25, 0.3) is 0 Å².